The molecule has 18 heavy (non-hydrogen) atoms. The second-order valence-corrected chi connectivity index (χ2v) is 4.65. The molecule has 0 aromatic carbocycles. The molecule has 100 valence electrons. The highest BCUT2D eigenvalue weighted by molar-refractivity contribution is 5.98. The second-order valence-electron chi connectivity index (χ2n) is 4.65. The molecule has 0 aliphatic heterocycles. The van der Waals surface area contributed by atoms with Gasteiger partial charge < -0.3 is 16.0 Å². The van der Waals surface area contributed by atoms with Crippen molar-refractivity contribution < 1.29 is 4.79 Å². The third-order valence-corrected chi connectivity index (χ3v) is 2.95. The van der Waals surface area contributed by atoms with Crippen LogP contribution in [0.15, 0.2) is 18.5 Å². The molecule has 1 heterocycles. The summed E-state index contributed by atoms with van der Waals surface area (Å²) in [6, 6.07) is 2.15. The smallest absolute Gasteiger partial charge is 0.253 e. The second kappa shape index (κ2) is 6.96. The van der Waals surface area contributed by atoms with Crippen LogP contribution in [-0.4, -0.2) is 42.0 Å². The Labute approximate surface area is 108 Å². The number of hydrogen-bond acceptors (Lipinski definition) is 4. The largest absolute Gasteiger partial charge is 0.397 e. The van der Waals surface area contributed by atoms with E-state index in [2.05, 4.69) is 36.1 Å². The van der Waals surface area contributed by atoms with E-state index in [0.29, 0.717) is 23.8 Å². The highest BCUT2D eigenvalue weighted by atomic mass is 16.1. The van der Waals surface area contributed by atoms with E-state index < -0.39 is 0 Å². The van der Waals surface area contributed by atoms with Crippen molar-refractivity contribution in [1.29, 1.82) is 0 Å². The first-order chi connectivity index (χ1) is 8.52. The van der Waals surface area contributed by atoms with E-state index in [1.165, 1.54) is 6.20 Å². The minimum absolute atomic E-state index is 0.137. The van der Waals surface area contributed by atoms with Crippen LogP contribution < -0.4 is 11.1 Å². The summed E-state index contributed by atoms with van der Waals surface area (Å²) in [6.07, 6.45) is 3.98. The number of anilines is 1. The lowest BCUT2D eigenvalue weighted by Gasteiger charge is -2.20. The summed E-state index contributed by atoms with van der Waals surface area (Å²) in [5, 5.41) is 2.86. The van der Waals surface area contributed by atoms with Crippen molar-refractivity contribution in [3.05, 3.63) is 24.0 Å². The van der Waals surface area contributed by atoms with E-state index in [4.69, 9.17) is 5.73 Å². The molecule has 0 radical (unpaired) electrons. The van der Waals surface area contributed by atoms with Gasteiger partial charge in [0.25, 0.3) is 5.91 Å². The van der Waals surface area contributed by atoms with E-state index in [1.807, 2.05) is 0 Å². The lowest BCUT2D eigenvalue weighted by atomic mass is 10.2. The fraction of sp³-hybridized carbons (Fsp3) is 0.538. The molecule has 0 unspecified atom stereocenters. The van der Waals surface area contributed by atoms with Crippen molar-refractivity contribution in [3.63, 3.8) is 0 Å². The number of nitrogens with two attached hydrogens (primary N) is 1. The standard InChI is InChI=1S/C13H22N4O/c1-10(2)17(3)8-4-6-16-13(18)11-5-7-15-9-12(11)14/h5,7,9-10H,4,6,8,14H2,1-3H3,(H,16,18). The number of nitrogens with one attached hydrogen (secondary N) is 1. The zero-order chi connectivity index (χ0) is 13.5. The van der Waals surface area contributed by atoms with Gasteiger partial charge in [-0.05, 0) is 39.9 Å². The van der Waals surface area contributed by atoms with Crippen molar-refractivity contribution in [2.24, 2.45) is 0 Å². The Morgan fingerprint density at radius 1 is 1.56 bits per heavy atom. The molecule has 1 amide bonds. The molecular formula is C13H22N4O. The Morgan fingerprint density at radius 2 is 2.28 bits per heavy atom. The van der Waals surface area contributed by atoms with Gasteiger partial charge in [0, 0.05) is 18.8 Å². The monoisotopic (exact) mass is 250 g/mol. The van der Waals surface area contributed by atoms with Crippen molar-refractivity contribution >= 4 is 11.6 Å². The average molecular weight is 250 g/mol. The molecule has 1 aromatic rings. The van der Waals surface area contributed by atoms with E-state index in [0.717, 1.165) is 13.0 Å². The lowest BCUT2D eigenvalue weighted by Crippen LogP contribution is -2.31. The van der Waals surface area contributed by atoms with Crippen LogP contribution >= 0.6 is 0 Å². The number of amides is 1. The zero-order valence-corrected chi connectivity index (χ0v) is 11.3. The van der Waals surface area contributed by atoms with Gasteiger partial charge in [0.05, 0.1) is 17.4 Å². The van der Waals surface area contributed by atoms with Gasteiger partial charge >= 0.3 is 0 Å². The molecule has 0 bridgehead atoms. The summed E-state index contributed by atoms with van der Waals surface area (Å²) in [4.78, 5) is 17.9. The first kappa shape index (κ1) is 14.4. The number of aromatic nitrogens is 1. The van der Waals surface area contributed by atoms with E-state index in [1.54, 1.807) is 12.3 Å². The van der Waals surface area contributed by atoms with Crippen LogP contribution in [-0.2, 0) is 0 Å². The molecular weight excluding hydrogens is 228 g/mol. The zero-order valence-electron chi connectivity index (χ0n) is 11.3. The number of rotatable bonds is 6. The minimum atomic E-state index is -0.137. The quantitative estimate of drug-likeness (QED) is 0.742. The summed E-state index contributed by atoms with van der Waals surface area (Å²) in [6.45, 7) is 5.91. The SMILES string of the molecule is CC(C)N(C)CCCNC(=O)c1ccncc1N. The number of hydrogen-bond donors (Lipinski definition) is 2. The Bertz CT molecular complexity index is 392. The molecule has 0 saturated heterocycles. The Balaban J connectivity index is 2.32. The van der Waals surface area contributed by atoms with Gasteiger partial charge in [0.15, 0.2) is 0 Å². The number of pyridine rings is 1. The molecule has 5 heteroatoms. The normalized spacial score (nSPS) is 10.9. The molecule has 0 spiro atoms. The van der Waals surface area contributed by atoms with E-state index in [-0.39, 0.29) is 5.91 Å². The number of carbonyl (C=O) groups excluding carboxylic acids is 1. The predicted octanol–water partition coefficient (Wildman–Crippen LogP) is 1.12. The van der Waals surface area contributed by atoms with Gasteiger partial charge in [-0.2, -0.15) is 0 Å². The summed E-state index contributed by atoms with van der Waals surface area (Å²) < 4.78 is 0. The maximum atomic E-state index is 11.8. The van der Waals surface area contributed by atoms with Crippen LogP contribution in [0.25, 0.3) is 0 Å². The lowest BCUT2D eigenvalue weighted by molar-refractivity contribution is 0.0952. The van der Waals surface area contributed by atoms with Crippen LogP contribution in [0, 0.1) is 0 Å². The topological polar surface area (TPSA) is 71.2 Å². The van der Waals surface area contributed by atoms with Gasteiger partial charge in [-0.25, -0.2) is 0 Å². The van der Waals surface area contributed by atoms with Crippen LogP contribution in [0.3, 0.4) is 0 Å². The molecule has 0 saturated carbocycles. The molecule has 0 fully saturated rings. The molecule has 0 aliphatic carbocycles. The fourth-order valence-electron chi connectivity index (χ4n) is 1.50. The van der Waals surface area contributed by atoms with Crippen LogP contribution in [0.5, 0.6) is 0 Å². The third kappa shape index (κ3) is 4.33. The van der Waals surface area contributed by atoms with Gasteiger partial charge in [0.2, 0.25) is 0 Å². The van der Waals surface area contributed by atoms with Crippen LogP contribution in [0.4, 0.5) is 5.69 Å². The highest BCUT2D eigenvalue weighted by Gasteiger charge is 2.08. The first-order valence-electron chi connectivity index (χ1n) is 6.20. The maximum absolute atomic E-state index is 11.8. The number of nitrogen functional groups attached to an aromatic ring is 1. The third-order valence-electron chi connectivity index (χ3n) is 2.95. The Hall–Kier alpha value is -1.62. The maximum Gasteiger partial charge on any atom is 0.253 e. The molecule has 0 aliphatic rings. The van der Waals surface area contributed by atoms with Gasteiger partial charge in [-0.1, -0.05) is 0 Å². The van der Waals surface area contributed by atoms with Gasteiger partial charge in [-0.3, -0.25) is 9.78 Å². The van der Waals surface area contributed by atoms with E-state index in [9.17, 15) is 4.79 Å². The molecule has 3 N–H and O–H groups in total. The van der Waals surface area contributed by atoms with Crippen LogP contribution in [0.1, 0.15) is 30.6 Å². The van der Waals surface area contributed by atoms with E-state index >= 15 is 0 Å². The summed E-state index contributed by atoms with van der Waals surface area (Å²) >= 11 is 0. The minimum Gasteiger partial charge on any atom is -0.397 e. The Morgan fingerprint density at radius 3 is 2.89 bits per heavy atom. The predicted molar refractivity (Wildman–Crippen MR) is 73.4 cm³/mol. The Kier molecular flexibility index (Phi) is 5.58. The van der Waals surface area contributed by atoms with Gasteiger partial charge in [-0.15, -0.1) is 0 Å². The molecule has 1 rings (SSSR count). The highest BCUT2D eigenvalue weighted by Crippen LogP contribution is 2.07. The first-order valence-corrected chi connectivity index (χ1v) is 6.20. The van der Waals surface area contributed by atoms with Crippen LogP contribution in [0.2, 0.25) is 0 Å². The van der Waals surface area contributed by atoms with Crippen molar-refractivity contribution in [2.45, 2.75) is 26.3 Å². The summed E-state index contributed by atoms with van der Waals surface area (Å²) in [7, 11) is 2.08. The number of nitrogens with zero attached hydrogens (tertiary/aromatic N) is 2. The average Bonchev–Trinajstić information content (AvgIpc) is 2.34. The van der Waals surface area contributed by atoms with Crippen molar-refractivity contribution in [3.8, 4) is 0 Å². The van der Waals surface area contributed by atoms with Gasteiger partial charge in [0.1, 0.15) is 0 Å². The fourth-order valence-corrected chi connectivity index (χ4v) is 1.50. The molecule has 1 aromatic heterocycles. The summed E-state index contributed by atoms with van der Waals surface area (Å²) in [5.74, 6) is -0.137. The van der Waals surface area contributed by atoms with Crippen molar-refractivity contribution in [1.82, 2.24) is 15.2 Å². The van der Waals surface area contributed by atoms with Crippen molar-refractivity contribution in [2.75, 3.05) is 25.9 Å². The summed E-state index contributed by atoms with van der Waals surface area (Å²) in [5.41, 5.74) is 6.58. The number of carbonyl (C=O) groups is 1. The molecule has 0 atom stereocenters. The molecule has 5 nitrogen and oxygen atoms in total.